The average molecular weight is 467 g/mol. The Morgan fingerprint density at radius 1 is 0.871 bits per heavy atom. The fraction of sp³-hybridized carbons (Fsp3) is 0.667. The second-order valence-corrected chi connectivity index (χ2v) is 20.7. The normalized spacial score (nSPS) is 13.0. The highest BCUT2D eigenvalue weighted by molar-refractivity contribution is 6.75. The molecule has 0 N–H and O–H groups in total. The topological polar surface area (TPSA) is 61.8 Å². The minimum absolute atomic E-state index is 0.00794. The van der Waals surface area contributed by atoms with Crippen LogP contribution < -0.4 is 8.85 Å². The van der Waals surface area contributed by atoms with Gasteiger partial charge in [0.15, 0.2) is 0 Å². The van der Waals surface area contributed by atoms with Gasteiger partial charge in [-0.25, -0.2) is 4.79 Å². The lowest BCUT2D eigenvalue weighted by molar-refractivity contribution is -0.116. The highest BCUT2D eigenvalue weighted by atomic mass is 28.4. The average Bonchev–Trinajstić information content (AvgIpc) is 2.51. The Bertz CT molecular complexity index is 814. The molecular formula is C24H42O5Si2. The first-order valence-corrected chi connectivity index (χ1v) is 16.9. The molecule has 176 valence electrons. The van der Waals surface area contributed by atoms with Crippen LogP contribution in [0.25, 0.3) is 0 Å². The van der Waals surface area contributed by atoms with E-state index in [0.717, 1.165) is 0 Å². The fourth-order valence-electron chi connectivity index (χ4n) is 2.50. The maximum atomic E-state index is 12.9. The summed E-state index contributed by atoms with van der Waals surface area (Å²) in [5.41, 5.74) is 0.931. The molecule has 0 radical (unpaired) electrons. The number of ether oxygens (including phenoxy) is 1. The third-order valence-electron chi connectivity index (χ3n) is 6.43. The van der Waals surface area contributed by atoms with Gasteiger partial charge in [-0.3, -0.25) is 4.79 Å². The summed E-state index contributed by atoms with van der Waals surface area (Å²) in [6, 6.07) is 3.63. The van der Waals surface area contributed by atoms with Gasteiger partial charge < -0.3 is 13.6 Å². The number of benzene rings is 1. The molecule has 1 rings (SSSR count). The van der Waals surface area contributed by atoms with Gasteiger partial charge in [-0.1, -0.05) is 41.5 Å². The Hall–Kier alpha value is -1.61. The molecule has 0 aliphatic carbocycles. The van der Waals surface area contributed by atoms with E-state index in [1.54, 1.807) is 6.92 Å². The van der Waals surface area contributed by atoms with E-state index in [1.807, 2.05) is 12.1 Å². The first-order chi connectivity index (χ1) is 13.8. The minimum Gasteiger partial charge on any atom is -0.543 e. The van der Waals surface area contributed by atoms with Crippen LogP contribution in [0.15, 0.2) is 12.1 Å². The van der Waals surface area contributed by atoms with Crippen molar-refractivity contribution in [1.82, 2.24) is 0 Å². The van der Waals surface area contributed by atoms with Crippen LogP contribution in [0.5, 0.6) is 11.5 Å². The summed E-state index contributed by atoms with van der Waals surface area (Å²) in [5.74, 6) is 0.599. The second kappa shape index (κ2) is 9.49. The lowest BCUT2D eigenvalue weighted by Gasteiger charge is -2.38. The van der Waals surface area contributed by atoms with Gasteiger partial charge in [0, 0.05) is 12.5 Å². The molecule has 1 aromatic carbocycles. The van der Waals surface area contributed by atoms with Gasteiger partial charge in [0.2, 0.25) is 8.32 Å². The highest BCUT2D eigenvalue weighted by Crippen LogP contribution is 2.42. The molecule has 31 heavy (non-hydrogen) atoms. The lowest BCUT2D eigenvalue weighted by Crippen LogP contribution is -2.45. The van der Waals surface area contributed by atoms with Crippen molar-refractivity contribution in [3.05, 3.63) is 23.3 Å². The number of esters is 1. The molecular weight excluding hydrogens is 424 g/mol. The molecule has 0 saturated heterocycles. The molecule has 0 aliphatic rings. The molecule has 0 heterocycles. The Morgan fingerprint density at radius 3 is 1.77 bits per heavy atom. The predicted molar refractivity (Wildman–Crippen MR) is 132 cm³/mol. The van der Waals surface area contributed by atoms with E-state index in [-0.39, 0.29) is 28.9 Å². The molecule has 0 bridgehead atoms. The van der Waals surface area contributed by atoms with E-state index < -0.39 is 22.6 Å². The van der Waals surface area contributed by atoms with Gasteiger partial charge >= 0.3 is 5.97 Å². The largest absolute Gasteiger partial charge is 0.543 e. The van der Waals surface area contributed by atoms with Crippen LogP contribution in [-0.4, -0.2) is 35.0 Å². The molecule has 0 aromatic heterocycles. The maximum Gasteiger partial charge on any atom is 0.342 e. The smallest absolute Gasteiger partial charge is 0.342 e. The summed E-state index contributed by atoms with van der Waals surface area (Å²) >= 11 is 0. The molecule has 0 fully saturated rings. The van der Waals surface area contributed by atoms with Crippen LogP contribution >= 0.6 is 0 Å². The quantitative estimate of drug-likeness (QED) is 0.313. The molecule has 1 aromatic rings. The molecule has 0 unspecified atom stereocenters. The summed E-state index contributed by atoms with van der Waals surface area (Å²) < 4.78 is 18.5. The maximum absolute atomic E-state index is 12.9. The number of ketones is 1. The Morgan fingerprint density at radius 2 is 1.35 bits per heavy atom. The van der Waals surface area contributed by atoms with E-state index in [9.17, 15) is 9.59 Å². The summed E-state index contributed by atoms with van der Waals surface area (Å²) in [5, 5.41) is -0.0516. The number of carbonyl (C=O) groups excluding carboxylic acids is 2. The minimum atomic E-state index is -2.26. The Balaban J connectivity index is 3.74. The third-order valence-corrected chi connectivity index (χ3v) is 15.1. The van der Waals surface area contributed by atoms with E-state index in [0.29, 0.717) is 22.6 Å². The number of rotatable bonds is 8. The van der Waals surface area contributed by atoms with Crippen molar-refractivity contribution in [1.29, 1.82) is 0 Å². The van der Waals surface area contributed by atoms with Crippen LogP contribution in [0.1, 0.15) is 71.3 Å². The van der Waals surface area contributed by atoms with Crippen LogP contribution in [0.2, 0.25) is 36.3 Å². The Kier molecular flexibility index (Phi) is 8.39. The van der Waals surface area contributed by atoms with Gasteiger partial charge in [0.05, 0.1) is 6.61 Å². The van der Waals surface area contributed by atoms with E-state index in [4.69, 9.17) is 13.6 Å². The number of Topliss-reactive ketones (excluding diaryl/α,β-unsaturated/α-hetero) is 1. The van der Waals surface area contributed by atoms with Gasteiger partial charge in [0.1, 0.15) is 22.8 Å². The summed E-state index contributed by atoms with van der Waals surface area (Å²) in [7, 11) is -4.40. The van der Waals surface area contributed by atoms with Crippen molar-refractivity contribution in [3.8, 4) is 11.5 Å². The predicted octanol–water partition coefficient (Wildman–Crippen LogP) is 6.76. The van der Waals surface area contributed by atoms with E-state index in [1.165, 1.54) is 6.92 Å². The number of hydrogen-bond donors (Lipinski definition) is 0. The zero-order valence-electron chi connectivity index (χ0n) is 21.6. The highest BCUT2D eigenvalue weighted by Gasteiger charge is 2.42. The number of carbonyl (C=O) groups is 2. The first-order valence-electron chi connectivity index (χ1n) is 11.0. The Labute approximate surface area is 191 Å². The van der Waals surface area contributed by atoms with Crippen molar-refractivity contribution in [2.75, 3.05) is 6.61 Å². The van der Waals surface area contributed by atoms with Crippen molar-refractivity contribution in [3.63, 3.8) is 0 Å². The van der Waals surface area contributed by atoms with Crippen LogP contribution in [0.4, 0.5) is 0 Å². The molecule has 0 aliphatic heterocycles. The zero-order chi connectivity index (χ0) is 24.4. The zero-order valence-corrected chi connectivity index (χ0v) is 23.6. The molecule has 0 saturated carbocycles. The number of hydrogen-bond acceptors (Lipinski definition) is 5. The van der Waals surface area contributed by atoms with Gasteiger partial charge in [-0.05, 0) is 61.7 Å². The van der Waals surface area contributed by atoms with E-state index >= 15 is 0 Å². The molecule has 5 nitrogen and oxygen atoms in total. The standard InChI is InChI=1S/C24H42O5Si2/c1-13-27-22(26)21-18(14-17(2)25)15-19(28-30(9,10)23(3,4)5)16-20(21)29-31(11,12)24(6,7)8/h15-16H,13-14H2,1-12H3. The van der Waals surface area contributed by atoms with Crippen LogP contribution in [-0.2, 0) is 16.0 Å². The summed E-state index contributed by atoms with van der Waals surface area (Å²) in [4.78, 5) is 25.0. The monoisotopic (exact) mass is 466 g/mol. The lowest BCUT2D eigenvalue weighted by atomic mass is 10.0. The molecule has 0 amide bonds. The summed E-state index contributed by atoms with van der Waals surface area (Å²) in [6.45, 7) is 25.1. The van der Waals surface area contributed by atoms with Gasteiger partial charge in [-0.15, -0.1) is 0 Å². The van der Waals surface area contributed by atoms with Crippen LogP contribution in [0, 0.1) is 0 Å². The summed E-state index contributed by atoms with van der Waals surface area (Å²) in [6.07, 6.45) is 0.122. The van der Waals surface area contributed by atoms with Crippen molar-refractivity contribution < 1.29 is 23.2 Å². The third kappa shape index (κ3) is 6.94. The fourth-order valence-corrected chi connectivity index (χ4v) is 4.53. The van der Waals surface area contributed by atoms with Gasteiger partial charge in [-0.2, -0.15) is 0 Å². The molecule has 0 atom stereocenters. The first kappa shape index (κ1) is 27.4. The SMILES string of the molecule is CCOC(=O)c1c(CC(C)=O)cc(O[Si](C)(C)C(C)(C)C)cc1O[Si](C)(C)C(C)(C)C. The second-order valence-electron chi connectivity index (χ2n) is 11.3. The molecule has 7 heteroatoms. The van der Waals surface area contributed by atoms with E-state index in [2.05, 4.69) is 67.7 Å². The van der Waals surface area contributed by atoms with Crippen molar-refractivity contribution in [2.45, 2.75) is 98.1 Å². The molecule has 0 spiro atoms. The van der Waals surface area contributed by atoms with Crippen molar-refractivity contribution >= 4 is 28.4 Å². The van der Waals surface area contributed by atoms with Gasteiger partial charge in [0.25, 0.3) is 8.32 Å². The van der Waals surface area contributed by atoms with Crippen LogP contribution in [0.3, 0.4) is 0 Å². The van der Waals surface area contributed by atoms with Crippen molar-refractivity contribution in [2.24, 2.45) is 0 Å².